The molecule has 0 spiro atoms. The van der Waals surface area contributed by atoms with E-state index in [1.54, 1.807) is 36.4 Å². The monoisotopic (exact) mass is 363 g/mol. The van der Waals surface area contributed by atoms with Crippen LogP contribution in [-0.2, 0) is 6.54 Å². The highest BCUT2D eigenvalue weighted by Crippen LogP contribution is 2.11. The summed E-state index contributed by atoms with van der Waals surface area (Å²) in [6, 6.07) is 18.1. The summed E-state index contributed by atoms with van der Waals surface area (Å²) in [7, 11) is 0. The van der Waals surface area contributed by atoms with E-state index in [1.807, 2.05) is 19.1 Å². The van der Waals surface area contributed by atoms with Crippen molar-refractivity contribution in [2.45, 2.75) is 13.5 Å². The predicted molar refractivity (Wildman–Crippen MR) is 101 cm³/mol. The van der Waals surface area contributed by atoms with Gasteiger partial charge in [0.25, 0.3) is 11.8 Å². The normalized spacial score (nSPS) is 10.3. The predicted octanol–water partition coefficient (Wildman–Crippen LogP) is 3.71. The van der Waals surface area contributed by atoms with E-state index in [2.05, 4.69) is 15.6 Å². The van der Waals surface area contributed by atoms with Crippen molar-refractivity contribution in [3.63, 3.8) is 0 Å². The van der Waals surface area contributed by atoms with E-state index in [9.17, 15) is 14.0 Å². The molecule has 1 heterocycles. The van der Waals surface area contributed by atoms with Crippen molar-refractivity contribution in [1.82, 2.24) is 10.3 Å². The Balaban J connectivity index is 1.67. The zero-order chi connectivity index (χ0) is 19.2. The maximum Gasteiger partial charge on any atom is 0.274 e. The minimum absolute atomic E-state index is 0.0347. The van der Waals surface area contributed by atoms with Gasteiger partial charge >= 0.3 is 0 Å². The van der Waals surface area contributed by atoms with Crippen LogP contribution in [0.2, 0.25) is 0 Å². The van der Waals surface area contributed by atoms with Crippen LogP contribution in [0.1, 0.15) is 32.1 Å². The summed E-state index contributed by atoms with van der Waals surface area (Å²) in [5.74, 6) is -1.29. The van der Waals surface area contributed by atoms with Gasteiger partial charge in [0.1, 0.15) is 17.2 Å². The van der Waals surface area contributed by atoms with Gasteiger partial charge < -0.3 is 10.6 Å². The molecule has 0 atom stereocenters. The molecule has 0 aliphatic carbocycles. The number of nitrogens with zero attached hydrogens (tertiary/aromatic N) is 1. The molecular weight excluding hydrogens is 345 g/mol. The lowest BCUT2D eigenvalue weighted by Gasteiger charge is -2.08. The van der Waals surface area contributed by atoms with Crippen LogP contribution in [0.5, 0.6) is 0 Å². The van der Waals surface area contributed by atoms with Gasteiger partial charge in [-0.3, -0.25) is 9.59 Å². The molecule has 136 valence electrons. The number of pyridine rings is 1. The molecule has 3 aromatic rings. The molecule has 1 aromatic heterocycles. The number of carbonyl (C=O) groups excluding carboxylic acids is 2. The number of nitrogens with one attached hydrogen (secondary N) is 2. The number of benzene rings is 2. The zero-order valence-electron chi connectivity index (χ0n) is 14.7. The Labute approximate surface area is 156 Å². The van der Waals surface area contributed by atoms with Crippen LogP contribution in [0.3, 0.4) is 0 Å². The summed E-state index contributed by atoms with van der Waals surface area (Å²) in [5, 5.41) is 5.34. The summed E-state index contributed by atoms with van der Waals surface area (Å²) in [5.41, 5.74) is 2.30. The number of carbonyl (C=O) groups is 2. The molecular formula is C21H18FN3O2. The Kier molecular flexibility index (Phi) is 5.56. The topological polar surface area (TPSA) is 71.1 Å². The minimum Gasteiger partial charge on any atom is -0.347 e. The molecule has 0 radical (unpaired) electrons. The van der Waals surface area contributed by atoms with Gasteiger partial charge in [0, 0.05) is 17.8 Å². The number of hydrogen-bond acceptors (Lipinski definition) is 3. The third-order valence-electron chi connectivity index (χ3n) is 3.92. The minimum atomic E-state index is -0.483. The zero-order valence-corrected chi connectivity index (χ0v) is 14.7. The van der Waals surface area contributed by atoms with Crippen LogP contribution in [0.25, 0.3) is 0 Å². The third kappa shape index (κ3) is 4.76. The fourth-order valence-electron chi connectivity index (χ4n) is 2.43. The number of halogens is 1. The lowest BCUT2D eigenvalue weighted by atomic mass is 10.2. The van der Waals surface area contributed by atoms with Gasteiger partial charge in [0.15, 0.2) is 0 Å². The van der Waals surface area contributed by atoms with Crippen molar-refractivity contribution >= 4 is 17.5 Å². The van der Waals surface area contributed by atoms with Gasteiger partial charge in [-0.2, -0.15) is 0 Å². The van der Waals surface area contributed by atoms with E-state index >= 15 is 0 Å². The largest absolute Gasteiger partial charge is 0.347 e. The number of aromatic nitrogens is 1. The highest BCUT2D eigenvalue weighted by Gasteiger charge is 2.13. The van der Waals surface area contributed by atoms with Crippen LogP contribution in [0.4, 0.5) is 10.1 Å². The van der Waals surface area contributed by atoms with Crippen LogP contribution in [0.15, 0.2) is 66.7 Å². The Morgan fingerprint density at radius 2 is 1.56 bits per heavy atom. The molecule has 0 saturated carbocycles. The summed E-state index contributed by atoms with van der Waals surface area (Å²) in [6.07, 6.45) is 0. The number of aryl methyl sites for hydroxylation is 1. The molecule has 0 fully saturated rings. The Bertz CT molecular complexity index is 971. The molecule has 0 aliphatic heterocycles. The highest BCUT2D eigenvalue weighted by atomic mass is 19.1. The maximum atomic E-state index is 13.6. The Hall–Kier alpha value is -3.54. The first-order valence-corrected chi connectivity index (χ1v) is 8.39. The van der Waals surface area contributed by atoms with E-state index in [0.29, 0.717) is 11.3 Å². The number of amides is 2. The molecule has 0 aliphatic rings. The second kappa shape index (κ2) is 8.23. The second-order valence-electron chi connectivity index (χ2n) is 6.00. The smallest absolute Gasteiger partial charge is 0.274 e. The summed E-state index contributed by atoms with van der Waals surface area (Å²) >= 11 is 0. The van der Waals surface area contributed by atoms with E-state index in [4.69, 9.17) is 0 Å². The van der Waals surface area contributed by atoms with Crippen molar-refractivity contribution in [2.24, 2.45) is 0 Å². The second-order valence-corrected chi connectivity index (χ2v) is 6.00. The molecule has 0 saturated heterocycles. The van der Waals surface area contributed by atoms with Crippen molar-refractivity contribution in [3.05, 3.63) is 95.1 Å². The third-order valence-corrected chi connectivity index (χ3v) is 3.92. The summed E-state index contributed by atoms with van der Waals surface area (Å²) in [4.78, 5) is 28.7. The van der Waals surface area contributed by atoms with Gasteiger partial charge in [-0.15, -0.1) is 0 Å². The average Bonchev–Trinajstić information content (AvgIpc) is 2.69. The highest BCUT2D eigenvalue weighted by molar-refractivity contribution is 6.03. The van der Waals surface area contributed by atoms with Crippen molar-refractivity contribution in [3.8, 4) is 0 Å². The Morgan fingerprint density at radius 3 is 2.26 bits per heavy atom. The number of rotatable bonds is 5. The van der Waals surface area contributed by atoms with E-state index in [0.717, 1.165) is 5.56 Å². The fraction of sp³-hybridized carbons (Fsp3) is 0.0952. The maximum absolute atomic E-state index is 13.6. The quantitative estimate of drug-likeness (QED) is 0.726. The lowest BCUT2D eigenvalue weighted by molar-refractivity contribution is 0.0945. The number of hydrogen-bond donors (Lipinski definition) is 2. The molecule has 3 rings (SSSR count). The number of anilines is 1. The van der Waals surface area contributed by atoms with Gasteiger partial charge in [-0.05, 0) is 37.3 Å². The van der Waals surface area contributed by atoms with Crippen LogP contribution >= 0.6 is 0 Å². The summed E-state index contributed by atoms with van der Waals surface area (Å²) < 4.78 is 13.6. The van der Waals surface area contributed by atoms with Crippen molar-refractivity contribution in [1.29, 1.82) is 0 Å². The van der Waals surface area contributed by atoms with Gasteiger partial charge in [0.2, 0.25) is 0 Å². The van der Waals surface area contributed by atoms with E-state index in [-0.39, 0.29) is 17.9 Å². The fourth-order valence-corrected chi connectivity index (χ4v) is 2.43. The molecule has 27 heavy (non-hydrogen) atoms. The van der Waals surface area contributed by atoms with E-state index in [1.165, 1.54) is 18.2 Å². The molecule has 2 amide bonds. The van der Waals surface area contributed by atoms with Gasteiger partial charge in [-0.25, -0.2) is 9.37 Å². The van der Waals surface area contributed by atoms with Gasteiger partial charge in [-0.1, -0.05) is 42.0 Å². The SMILES string of the molecule is Cc1ccc(NC(=O)c2cccc(C(=O)NCc3ccccc3F)n2)cc1. The van der Waals surface area contributed by atoms with Crippen LogP contribution < -0.4 is 10.6 Å². The average molecular weight is 363 g/mol. The van der Waals surface area contributed by atoms with E-state index < -0.39 is 17.6 Å². The first kappa shape index (κ1) is 18.3. The van der Waals surface area contributed by atoms with Crippen LogP contribution in [0, 0.1) is 12.7 Å². The standard InChI is InChI=1S/C21H18FN3O2/c1-14-9-11-16(12-10-14)24-21(27)19-8-4-7-18(25-19)20(26)23-13-15-5-2-3-6-17(15)22/h2-12H,13H2,1H3,(H,23,26)(H,24,27). The molecule has 5 nitrogen and oxygen atoms in total. The molecule has 0 bridgehead atoms. The summed E-state index contributed by atoms with van der Waals surface area (Å²) in [6.45, 7) is 1.99. The molecule has 2 aromatic carbocycles. The molecule has 2 N–H and O–H groups in total. The lowest BCUT2D eigenvalue weighted by Crippen LogP contribution is -2.25. The molecule has 6 heteroatoms. The van der Waals surface area contributed by atoms with Crippen molar-refractivity contribution < 1.29 is 14.0 Å². The van der Waals surface area contributed by atoms with Gasteiger partial charge in [0.05, 0.1) is 0 Å². The van der Waals surface area contributed by atoms with Crippen LogP contribution in [-0.4, -0.2) is 16.8 Å². The molecule has 0 unspecified atom stereocenters. The first-order valence-electron chi connectivity index (χ1n) is 8.39. The Morgan fingerprint density at radius 1 is 0.889 bits per heavy atom. The van der Waals surface area contributed by atoms with Crippen molar-refractivity contribution in [2.75, 3.05) is 5.32 Å². The first-order chi connectivity index (χ1) is 13.0.